The highest BCUT2D eigenvalue weighted by atomic mass is 16.5. The molecular weight excluding hydrogens is 286 g/mol. The summed E-state index contributed by atoms with van der Waals surface area (Å²) in [5, 5.41) is 15.1. The van der Waals surface area contributed by atoms with E-state index < -0.39 is 28.1 Å². The summed E-state index contributed by atoms with van der Waals surface area (Å²) in [5.41, 5.74) is 4.86. The molecule has 0 radical (unpaired) electrons. The standard InChI is InChI=1S/C15H25N3O4/c1-9-10(11(19)21-7)12(2,3)14(5,17-18-16)15(6,20)13(9,4)22-8/h20H,1-8H3/t13-,14-,15-/m1/s1. The maximum absolute atomic E-state index is 12.3. The van der Waals surface area contributed by atoms with E-state index >= 15 is 0 Å². The number of rotatable bonds is 3. The zero-order chi connectivity index (χ0) is 17.6. The van der Waals surface area contributed by atoms with Gasteiger partial charge in [0.2, 0.25) is 0 Å². The van der Waals surface area contributed by atoms with Crippen molar-refractivity contribution in [3.05, 3.63) is 21.6 Å². The maximum atomic E-state index is 12.3. The van der Waals surface area contributed by atoms with Crippen LogP contribution in [0.1, 0.15) is 41.5 Å². The van der Waals surface area contributed by atoms with Gasteiger partial charge >= 0.3 is 5.97 Å². The first-order valence-electron chi connectivity index (χ1n) is 7.03. The van der Waals surface area contributed by atoms with Crippen molar-refractivity contribution in [3.63, 3.8) is 0 Å². The minimum atomic E-state index is -1.55. The van der Waals surface area contributed by atoms with Crippen molar-refractivity contribution in [2.75, 3.05) is 14.2 Å². The maximum Gasteiger partial charge on any atom is 0.334 e. The van der Waals surface area contributed by atoms with Crippen LogP contribution in [0.25, 0.3) is 10.4 Å². The Labute approximate surface area is 130 Å². The Morgan fingerprint density at radius 2 is 1.73 bits per heavy atom. The molecule has 0 amide bonds. The molecule has 0 unspecified atom stereocenters. The Kier molecular flexibility index (Phi) is 4.42. The second kappa shape index (κ2) is 5.26. The molecule has 1 aliphatic carbocycles. The molecule has 1 N–H and O–H groups in total. The Morgan fingerprint density at radius 1 is 1.23 bits per heavy atom. The molecule has 0 aromatic carbocycles. The lowest BCUT2D eigenvalue weighted by Gasteiger charge is -2.61. The Hall–Kier alpha value is -1.56. The smallest absolute Gasteiger partial charge is 0.334 e. The molecule has 0 heterocycles. The molecule has 7 heteroatoms. The Bertz CT molecular complexity index is 575. The summed E-state index contributed by atoms with van der Waals surface area (Å²) < 4.78 is 10.5. The average Bonchev–Trinajstić information content (AvgIpc) is 2.44. The molecule has 0 aromatic rings. The van der Waals surface area contributed by atoms with Crippen LogP contribution in [0.3, 0.4) is 0 Å². The Morgan fingerprint density at radius 3 is 2.09 bits per heavy atom. The molecule has 0 saturated carbocycles. The number of nitrogens with zero attached hydrogens (tertiary/aromatic N) is 3. The largest absolute Gasteiger partial charge is 0.466 e. The third kappa shape index (κ3) is 1.89. The minimum absolute atomic E-state index is 0.348. The van der Waals surface area contributed by atoms with Crippen LogP contribution < -0.4 is 0 Å². The number of azide groups is 1. The van der Waals surface area contributed by atoms with Crippen molar-refractivity contribution in [2.24, 2.45) is 10.5 Å². The molecule has 0 aromatic heterocycles. The van der Waals surface area contributed by atoms with Gasteiger partial charge in [0, 0.05) is 23.0 Å². The third-order valence-corrected chi connectivity index (χ3v) is 5.85. The van der Waals surface area contributed by atoms with Gasteiger partial charge in [-0.05, 0) is 31.9 Å². The number of methoxy groups -OCH3 is 2. The second-order valence-electron chi connectivity index (χ2n) is 6.69. The molecule has 0 aliphatic heterocycles. The van der Waals surface area contributed by atoms with Crippen molar-refractivity contribution < 1.29 is 19.4 Å². The lowest BCUT2D eigenvalue weighted by Crippen LogP contribution is -2.72. The number of hydrogen-bond acceptors (Lipinski definition) is 5. The number of hydrogen-bond donors (Lipinski definition) is 1. The lowest BCUT2D eigenvalue weighted by molar-refractivity contribution is -0.193. The minimum Gasteiger partial charge on any atom is -0.466 e. The van der Waals surface area contributed by atoms with Gasteiger partial charge in [0.05, 0.1) is 12.6 Å². The normalized spacial score (nSPS) is 37.5. The predicted octanol–water partition coefficient (Wildman–Crippen LogP) is 2.74. The van der Waals surface area contributed by atoms with Crippen LogP contribution in [0, 0.1) is 5.41 Å². The summed E-state index contributed by atoms with van der Waals surface area (Å²) in [7, 11) is 2.74. The van der Waals surface area contributed by atoms with Crippen molar-refractivity contribution >= 4 is 5.97 Å². The highest BCUT2D eigenvalue weighted by molar-refractivity contribution is 5.92. The first kappa shape index (κ1) is 18.5. The topological polar surface area (TPSA) is 105 Å². The summed E-state index contributed by atoms with van der Waals surface area (Å²) in [6, 6.07) is 0. The predicted molar refractivity (Wildman–Crippen MR) is 82.1 cm³/mol. The van der Waals surface area contributed by atoms with Gasteiger partial charge in [-0.3, -0.25) is 0 Å². The van der Waals surface area contributed by atoms with Crippen LogP contribution in [0.2, 0.25) is 0 Å². The van der Waals surface area contributed by atoms with Crippen LogP contribution in [0.5, 0.6) is 0 Å². The molecule has 0 bridgehead atoms. The van der Waals surface area contributed by atoms with Gasteiger partial charge in [-0.15, -0.1) is 0 Å². The molecule has 0 fully saturated rings. The third-order valence-electron chi connectivity index (χ3n) is 5.85. The molecule has 22 heavy (non-hydrogen) atoms. The van der Waals surface area contributed by atoms with E-state index in [0.717, 1.165) is 0 Å². The van der Waals surface area contributed by atoms with E-state index in [0.29, 0.717) is 11.1 Å². The second-order valence-corrected chi connectivity index (χ2v) is 6.69. The van der Waals surface area contributed by atoms with E-state index in [1.807, 2.05) is 0 Å². The zero-order valence-corrected chi connectivity index (χ0v) is 14.5. The number of esters is 1. The van der Waals surface area contributed by atoms with Crippen LogP contribution >= 0.6 is 0 Å². The van der Waals surface area contributed by atoms with Gasteiger partial charge in [0.1, 0.15) is 11.2 Å². The van der Waals surface area contributed by atoms with Gasteiger partial charge in [-0.2, -0.15) is 0 Å². The van der Waals surface area contributed by atoms with Crippen LogP contribution in [-0.4, -0.2) is 42.0 Å². The highest BCUT2D eigenvalue weighted by Gasteiger charge is 2.68. The lowest BCUT2D eigenvalue weighted by atomic mass is 9.50. The van der Waals surface area contributed by atoms with Gasteiger partial charge < -0.3 is 14.6 Å². The Balaban J connectivity index is 3.97. The molecule has 7 nitrogen and oxygen atoms in total. The van der Waals surface area contributed by atoms with E-state index in [1.54, 1.807) is 41.5 Å². The van der Waals surface area contributed by atoms with E-state index in [2.05, 4.69) is 10.0 Å². The number of carbonyl (C=O) groups is 1. The van der Waals surface area contributed by atoms with Crippen molar-refractivity contribution in [1.29, 1.82) is 0 Å². The van der Waals surface area contributed by atoms with Crippen molar-refractivity contribution in [1.82, 2.24) is 0 Å². The summed E-state index contributed by atoms with van der Waals surface area (Å²) in [6.07, 6.45) is 0. The molecule has 1 aliphatic rings. The fourth-order valence-electron chi connectivity index (χ4n) is 3.56. The summed E-state index contributed by atoms with van der Waals surface area (Å²) in [6.45, 7) is 10.1. The van der Waals surface area contributed by atoms with Gasteiger partial charge in [-0.25, -0.2) is 4.79 Å². The van der Waals surface area contributed by atoms with Crippen molar-refractivity contribution in [2.45, 2.75) is 58.3 Å². The van der Waals surface area contributed by atoms with E-state index in [-0.39, 0.29) is 0 Å². The van der Waals surface area contributed by atoms with Crippen LogP contribution in [-0.2, 0) is 14.3 Å². The van der Waals surface area contributed by atoms with E-state index in [9.17, 15) is 9.90 Å². The first-order valence-corrected chi connectivity index (χ1v) is 7.03. The SMILES string of the molecule is COC(=O)C1=C(C)[C@@](C)(OC)[C@@](C)(O)[C@](C)(N=[N+]=[N-])C1(C)C. The van der Waals surface area contributed by atoms with E-state index in [1.165, 1.54) is 14.2 Å². The summed E-state index contributed by atoms with van der Waals surface area (Å²) >= 11 is 0. The molecule has 0 spiro atoms. The zero-order valence-electron chi connectivity index (χ0n) is 14.5. The quantitative estimate of drug-likeness (QED) is 0.374. The van der Waals surface area contributed by atoms with Gasteiger partial charge in [0.15, 0.2) is 0 Å². The van der Waals surface area contributed by atoms with Crippen LogP contribution in [0.4, 0.5) is 0 Å². The van der Waals surface area contributed by atoms with Crippen molar-refractivity contribution in [3.8, 4) is 0 Å². The molecular formula is C15H25N3O4. The molecule has 124 valence electrons. The summed E-state index contributed by atoms with van der Waals surface area (Å²) in [5.74, 6) is -0.527. The van der Waals surface area contributed by atoms with E-state index in [4.69, 9.17) is 15.0 Å². The number of ether oxygens (including phenoxy) is 2. The molecule has 3 atom stereocenters. The highest BCUT2D eigenvalue weighted by Crippen LogP contribution is 2.58. The number of aliphatic hydroxyl groups is 1. The van der Waals surface area contributed by atoms with Gasteiger partial charge in [0.25, 0.3) is 0 Å². The summed E-state index contributed by atoms with van der Waals surface area (Å²) in [4.78, 5) is 15.2. The van der Waals surface area contributed by atoms with Crippen LogP contribution in [0.15, 0.2) is 16.3 Å². The fourth-order valence-corrected chi connectivity index (χ4v) is 3.56. The molecule has 0 saturated heterocycles. The average molecular weight is 311 g/mol. The fraction of sp³-hybridized carbons (Fsp3) is 0.800. The molecule has 1 rings (SSSR count). The first-order chi connectivity index (χ1) is 9.89. The monoisotopic (exact) mass is 311 g/mol. The van der Waals surface area contributed by atoms with Gasteiger partial charge in [-0.1, -0.05) is 25.9 Å². The number of carbonyl (C=O) groups excluding carboxylic acids is 1.